The van der Waals surface area contributed by atoms with Crippen LogP contribution in [-0.4, -0.2) is 48.8 Å². The van der Waals surface area contributed by atoms with Crippen molar-refractivity contribution >= 4 is 17.2 Å². The average Bonchev–Trinajstić information content (AvgIpc) is 3.09. The van der Waals surface area contributed by atoms with Gasteiger partial charge in [0.25, 0.3) is 0 Å². The summed E-state index contributed by atoms with van der Waals surface area (Å²) in [6.07, 6.45) is 2.71. The van der Waals surface area contributed by atoms with Gasteiger partial charge in [-0.25, -0.2) is 0 Å². The van der Waals surface area contributed by atoms with Gasteiger partial charge >= 0.3 is 0 Å². The Labute approximate surface area is 123 Å². The van der Waals surface area contributed by atoms with Crippen molar-refractivity contribution in [1.29, 1.82) is 0 Å². The molecule has 0 bridgehead atoms. The van der Waals surface area contributed by atoms with Crippen LogP contribution in [0.1, 0.15) is 25.3 Å². The quantitative estimate of drug-likeness (QED) is 0.854. The number of hydrogen-bond acceptors (Lipinski definition) is 4. The molecule has 0 spiro atoms. The lowest BCUT2D eigenvalue weighted by Gasteiger charge is -2.39. The van der Waals surface area contributed by atoms with Gasteiger partial charge in [0.2, 0.25) is 5.91 Å². The van der Waals surface area contributed by atoms with Crippen LogP contribution in [0.15, 0.2) is 16.8 Å². The molecule has 5 heteroatoms. The molecule has 1 saturated carbocycles. The summed E-state index contributed by atoms with van der Waals surface area (Å²) in [7, 11) is 0. The van der Waals surface area contributed by atoms with Gasteiger partial charge in [0.15, 0.2) is 0 Å². The van der Waals surface area contributed by atoms with E-state index in [1.54, 1.807) is 11.3 Å². The van der Waals surface area contributed by atoms with E-state index < -0.39 is 0 Å². The van der Waals surface area contributed by atoms with Crippen molar-refractivity contribution < 1.29 is 14.3 Å². The second-order valence-corrected chi connectivity index (χ2v) is 6.15. The van der Waals surface area contributed by atoms with Crippen molar-refractivity contribution in [3.8, 4) is 0 Å². The smallest absolute Gasteiger partial charge is 0.227 e. The van der Waals surface area contributed by atoms with E-state index in [0.29, 0.717) is 26.2 Å². The Morgan fingerprint density at radius 3 is 3.20 bits per heavy atom. The van der Waals surface area contributed by atoms with Crippen LogP contribution in [-0.2, 0) is 20.7 Å². The number of morpholine rings is 1. The van der Waals surface area contributed by atoms with Crippen molar-refractivity contribution in [2.24, 2.45) is 0 Å². The molecule has 3 rings (SSSR count). The third-order valence-corrected chi connectivity index (χ3v) is 4.90. The second-order valence-electron chi connectivity index (χ2n) is 5.37. The van der Waals surface area contributed by atoms with E-state index >= 15 is 0 Å². The number of ether oxygens (including phenoxy) is 2. The van der Waals surface area contributed by atoms with E-state index in [9.17, 15) is 4.79 Å². The molecule has 1 saturated heterocycles. The van der Waals surface area contributed by atoms with E-state index in [4.69, 9.17) is 9.47 Å². The van der Waals surface area contributed by atoms with Gasteiger partial charge in [-0.2, -0.15) is 11.3 Å². The minimum absolute atomic E-state index is 0.0649. The highest BCUT2D eigenvalue weighted by atomic mass is 32.1. The van der Waals surface area contributed by atoms with E-state index in [1.165, 1.54) is 0 Å². The maximum absolute atomic E-state index is 12.5. The second kappa shape index (κ2) is 6.24. The molecule has 0 unspecified atom stereocenters. The maximum atomic E-state index is 12.5. The van der Waals surface area contributed by atoms with Gasteiger partial charge in [-0.3, -0.25) is 4.79 Å². The lowest BCUT2D eigenvalue weighted by molar-refractivity contribution is -0.150. The van der Waals surface area contributed by atoms with Gasteiger partial charge in [-0.15, -0.1) is 0 Å². The summed E-state index contributed by atoms with van der Waals surface area (Å²) < 4.78 is 11.6. The molecule has 0 N–H and O–H groups in total. The van der Waals surface area contributed by atoms with Crippen molar-refractivity contribution in [2.75, 3.05) is 19.8 Å². The van der Waals surface area contributed by atoms with Crippen LogP contribution in [0.5, 0.6) is 0 Å². The van der Waals surface area contributed by atoms with Crippen LogP contribution >= 0.6 is 11.3 Å². The molecule has 1 aromatic rings. The van der Waals surface area contributed by atoms with Crippen molar-refractivity contribution in [3.05, 3.63) is 22.4 Å². The van der Waals surface area contributed by atoms with Gasteiger partial charge in [0.1, 0.15) is 6.10 Å². The highest BCUT2D eigenvalue weighted by molar-refractivity contribution is 7.07. The standard InChI is InChI=1S/C15H21NO3S/c1-2-18-13-4-3-12-15(13)19-7-6-16(12)14(17)9-11-5-8-20-10-11/h5,8,10,12-13,15H,2-4,6-7,9H2,1H3/t12-,13-,15-/m1/s1. The summed E-state index contributed by atoms with van der Waals surface area (Å²) in [6.45, 7) is 4.05. The minimum Gasteiger partial charge on any atom is -0.376 e. The molecular weight excluding hydrogens is 274 g/mol. The zero-order valence-corrected chi connectivity index (χ0v) is 12.6. The van der Waals surface area contributed by atoms with Crippen LogP contribution in [0.3, 0.4) is 0 Å². The first-order valence-corrected chi connectivity index (χ1v) is 8.27. The summed E-state index contributed by atoms with van der Waals surface area (Å²) in [4.78, 5) is 14.5. The van der Waals surface area contributed by atoms with Crippen LogP contribution in [0.4, 0.5) is 0 Å². The van der Waals surface area contributed by atoms with Gasteiger partial charge in [-0.05, 0) is 42.2 Å². The topological polar surface area (TPSA) is 38.8 Å². The predicted molar refractivity (Wildman–Crippen MR) is 77.9 cm³/mol. The molecule has 2 fully saturated rings. The molecule has 1 amide bonds. The summed E-state index contributed by atoms with van der Waals surface area (Å²) in [5.41, 5.74) is 1.11. The van der Waals surface area contributed by atoms with Crippen molar-refractivity contribution in [3.63, 3.8) is 0 Å². The molecule has 1 aliphatic carbocycles. The van der Waals surface area contributed by atoms with E-state index in [0.717, 1.165) is 18.4 Å². The predicted octanol–water partition coefficient (Wildman–Crippen LogP) is 2.09. The van der Waals surface area contributed by atoms with Gasteiger partial charge in [-0.1, -0.05) is 0 Å². The third kappa shape index (κ3) is 2.75. The highest BCUT2D eigenvalue weighted by Gasteiger charge is 2.44. The van der Waals surface area contributed by atoms with Crippen LogP contribution in [0.25, 0.3) is 0 Å². The monoisotopic (exact) mass is 295 g/mol. The highest BCUT2D eigenvalue weighted by Crippen LogP contribution is 2.32. The molecule has 1 aromatic heterocycles. The van der Waals surface area contributed by atoms with Gasteiger partial charge in [0, 0.05) is 13.2 Å². The fraction of sp³-hybridized carbons (Fsp3) is 0.667. The molecule has 0 radical (unpaired) electrons. The zero-order valence-electron chi connectivity index (χ0n) is 11.8. The Hall–Kier alpha value is -0.910. The Morgan fingerprint density at radius 2 is 2.45 bits per heavy atom. The summed E-state index contributed by atoms with van der Waals surface area (Å²) >= 11 is 1.64. The van der Waals surface area contributed by atoms with Gasteiger partial charge < -0.3 is 14.4 Å². The number of carbonyl (C=O) groups is 1. The Morgan fingerprint density at radius 1 is 1.55 bits per heavy atom. The lowest BCUT2D eigenvalue weighted by Crippen LogP contribution is -2.54. The fourth-order valence-electron chi connectivity index (χ4n) is 3.29. The largest absolute Gasteiger partial charge is 0.376 e. The fourth-order valence-corrected chi connectivity index (χ4v) is 3.96. The minimum atomic E-state index is 0.0649. The number of amides is 1. The molecule has 2 heterocycles. The number of nitrogens with zero attached hydrogens (tertiary/aromatic N) is 1. The van der Waals surface area contributed by atoms with E-state index in [1.807, 2.05) is 28.7 Å². The SMILES string of the molecule is CCO[C@@H]1CC[C@@H]2[C@H]1OCCN2C(=O)Cc1ccsc1. The summed E-state index contributed by atoms with van der Waals surface area (Å²) in [6, 6.07) is 2.23. The van der Waals surface area contributed by atoms with Gasteiger partial charge in [0.05, 0.1) is 25.2 Å². The zero-order chi connectivity index (χ0) is 13.9. The first-order chi connectivity index (χ1) is 9.79. The number of thiophene rings is 1. The number of carbonyl (C=O) groups excluding carboxylic acids is 1. The number of rotatable bonds is 4. The molecule has 2 aliphatic rings. The molecule has 3 atom stereocenters. The summed E-state index contributed by atoms with van der Waals surface area (Å²) in [5.74, 6) is 0.221. The molecule has 110 valence electrons. The van der Waals surface area contributed by atoms with Crippen LogP contribution in [0.2, 0.25) is 0 Å². The number of fused-ring (bicyclic) bond motifs is 1. The summed E-state index contributed by atoms with van der Waals surface area (Å²) in [5, 5.41) is 4.07. The Kier molecular flexibility index (Phi) is 4.38. The maximum Gasteiger partial charge on any atom is 0.227 e. The Bertz CT molecular complexity index is 448. The molecule has 20 heavy (non-hydrogen) atoms. The molecular formula is C15H21NO3S. The normalized spacial score (nSPS) is 29.4. The molecule has 4 nitrogen and oxygen atoms in total. The first-order valence-electron chi connectivity index (χ1n) is 7.33. The first kappa shape index (κ1) is 14.0. The van der Waals surface area contributed by atoms with Crippen molar-refractivity contribution in [2.45, 2.75) is 44.4 Å². The average molecular weight is 295 g/mol. The van der Waals surface area contributed by atoms with E-state index in [2.05, 4.69) is 0 Å². The lowest BCUT2D eigenvalue weighted by atomic mass is 10.1. The molecule has 0 aromatic carbocycles. The van der Waals surface area contributed by atoms with Crippen LogP contribution < -0.4 is 0 Å². The molecule has 1 aliphatic heterocycles. The third-order valence-electron chi connectivity index (χ3n) is 4.17. The van der Waals surface area contributed by atoms with E-state index in [-0.39, 0.29) is 24.2 Å². The van der Waals surface area contributed by atoms with Crippen molar-refractivity contribution in [1.82, 2.24) is 4.90 Å². The van der Waals surface area contributed by atoms with Crippen LogP contribution in [0, 0.1) is 0 Å². The Balaban J connectivity index is 1.66. The number of hydrogen-bond donors (Lipinski definition) is 0.